The van der Waals surface area contributed by atoms with E-state index in [9.17, 15) is 0 Å². The molecule has 0 amide bonds. The number of hydrogen-bond donors (Lipinski definition) is 1. The van der Waals surface area contributed by atoms with Gasteiger partial charge in [-0.1, -0.05) is 6.42 Å². The van der Waals surface area contributed by atoms with E-state index in [1.165, 1.54) is 29.8 Å². The van der Waals surface area contributed by atoms with Crippen molar-refractivity contribution in [2.24, 2.45) is 7.05 Å². The van der Waals surface area contributed by atoms with E-state index in [4.69, 9.17) is 5.73 Å². The van der Waals surface area contributed by atoms with Gasteiger partial charge in [-0.3, -0.25) is 9.58 Å². The normalized spacial score (nSPS) is 19.8. The summed E-state index contributed by atoms with van der Waals surface area (Å²) < 4.78 is 1.99. The van der Waals surface area contributed by atoms with E-state index >= 15 is 0 Å². The lowest BCUT2D eigenvalue weighted by Crippen LogP contribution is -2.33. The van der Waals surface area contributed by atoms with Crippen molar-refractivity contribution in [1.82, 2.24) is 19.7 Å². The second kappa shape index (κ2) is 6.56. The Morgan fingerprint density at radius 1 is 1.45 bits per heavy atom. The van der Waals surface area contributed by atoms with Crippen LogP contribution in [0.2, 0.25) is 0 Å². The van der Waals surface area contributed by atoms with E-state index in [1.807, 2.05) is 24.1 Å². The van der Waals surface area contributed by atoms with Gasteiger partial charge in [0.1, 0.15) is 0 Å². The van der Waals surface area contributed by atoms with Gasteiger partial charge in [0.25, 0.3) is 0 Å². The minimum Gasteiger partial charge on any atom is -0.375 e. The van der Waals surface area contributed by atoms with Crippen LogP contribution in [0.15, 0.2) is 18.5 Å². The molecule has 3 rings (SSSR count). The summed E-state index contributed by atoms with van der Waals surface area (Å²) in [7, 11) is 2.02. The smallest absolute Gasteiger partial charge is 0.180 e. The first kappa shape index (κ1) is 15.3. The molecule has 0 spiro atoms. The number of hydrogen-bond acceptors (Lipinski definition) is 5. The number of piperidine rings is 1. The van der Waals surface area contributed by atoms with Gasteiger partial charge in [0, 0.05) is 30.9 Å². The predicted molar refractivity (Wildman–Crippen MR) is 84.0 cm³/mol. The van der Waals surface area contributed by atoms with Crippen LogP contribution in [0.25, 0.3) is 0 Å². The van der Waals surface area contributed by atoms with Crippen LogP contribution in [0, 0.1) is 0 Å². The average molecular weight is 314 g/mol. The fourth-order valence-electron chi connectivity index (χ4n) is 2.82. The molecule has 0 saturated carbocycles. The standard InChI is InChI=1S/C13H19N5S.ClH/c1-17-11(5-6-16-17)12-4-2-3-7-18(12)9-10-8-15-13(14)19-10;/h5-6,8,12H,2-4,7,9H2,1H3,(H2,14,15);1H. The van der Waals surface area contributed by atoms with Crippen LogP contribution in [0.3, 0.4) is 0 Å². The van der Waals surface area contributed by atoms with E-state index < -0.39 is 0 Å². The summed E-state index contributed by atoms with van der Waals surface area (Å²) in [6.07, 6.45) is 7.54. The first-order chi connectivity index (χ1) is 9.24. The number of rotatable bonds is 3. The molecule has 2 aromatic heterocycles. The molecular formula is C13H20ClN5S. The highest BCUT2D eigenvalue weighted by molar-refractivity contribution is 7.15. The van der Waals surface area contributed by atoms with Gasteiger partial charge in [-0.25, -0.2) is 4.98 Å². The summed E-state index contributed by atoms with van der Waals surface area (Å²) in [6.45, 7) is 2.07. The molecular weight excluding hydrogens is 294 g/mol. The topological polar surface area (TPSA) is 60.0 Å². The van der Waals surface area contributed by atoms with Crippen LogP contribution in [0.4, 0.5) is 5.13 Å². The first-order valence-electron chi connectivity index (χ1n) is 6.66. The Morgan fingerprint density at radius 2 is 2.30 bits per heavy atom. The van der Waals surface area contributed by atoms with E-state index in [0.29, 0.717) is 11.2 Å². The van der Waals surface area contributed by atoms with Gasteiger partial charge in [-0.05, 0) is 25.5 Å². The van der Waals surface area contributed by atoms with Gasteiger partial charge in [0.15, 0.2) is 5.13 Å². The third kappa shape index (κ3) is 3.13. The molecule has 0 radical (unpaired) electrons. The Labute approximate surface area is 129 Å². The molecule has 0 aliphatic carbocycles. The molecule has 1 aliphatic heterocycles. The molecule has 1 unspecified atom stereocenters. The van der Waals surface area contributed by atoms with Crippen LogP contribution < -0.4 is 5.73 Å². The zero-order valence-electron chi connectivity index (χ0n) is 11.5. The summed E-state index contributed by atoms with van der Waals surface area (Å²) in [5, 5.41) is 4.95. The molecule has 1 aliphatic rings. The van der Waals surface area contributed by atoms with Gasteiger partial charge in [0.05, 0.1) is 11.7 Å². The van der Waals surface area contributed by atoms with E-state index in [2.05, 4.69) is 21.0 Å². The SMILES string of the molecule is Cl.Cn1nccc1C1CCCCN1Cc1cnc(N)s1. The van der Waals surface area contributed by atoms with Crippen molar-refractivity contribution in [2.75, 3.05) is 12.3 Å². The number of thiazole rings is 1. The Hall–Kier alpha value is -1.11. The third-order valence-corrected chi connectivity index (χ3v) is 4.56. The Bertz CT molecular complexity index is 552. The van der Waals surface area contributed by atoms with E-state index in [0.717, 1.165) is 13.1 Å². The molecule has 2 aromatic rings. The fourth-order valence-corrected chi connectivity index (χ4v) is 3.53. The van der Waals surface area contributed by atoms with E-state index in [-0.39, 0.29) is 12.4 Å². The number of aryl methyl sites for hydroxylation is 1. The van der Waals surface area contributed by atoms with Gasteiger partial charge in [-0.2, -0.15) is 5.10 Å². The molecule has 3 heterocycles. The molecule has 1 atom stereocenters. The van der Waals surface area contributed by atoms with Gasteiger partial charge < -0.3 is 5.73 Å². The highest BCUT2D eigenvalue weighted by Gasteiger charge is 2.26. The molecule has 5 nitrogen and oxygen atoms in total. The first-order valence-corrected chi connectivity index (χ1v) is 7.48. The molecule has 7 heteroatoms. The molecule has 20 heavy (non-hydrogen) atoms. The highest BCUT2D eigenvalue weighted by atomic mass is 35.5. The van der Waals surface area contributed by atoms with Crippen molar-refractivity contribution in [3.63, 3.8) is 0 Å². The minimum atomic E-state index is 0. The number of nitrogen functional groups attached to an aromatic ring is 1. The molecule has 1 fully saturated rings. The lowest BCUT2D eigenvalue weighted by molar-refractivity contribution is 0.135. The maximum atomic E-state index is 5.71. The van der Waals surface area contributed by atoms with Crippen molar-refractivity contribution in [3.05, 3.63) is 29.0 Å². The van der Waals surface area contributed by atoms with Crippen LogP contribution in [0.5, 0.6) is 0 Å². The second-order valence-corrected chi connectivity index (χ2v) is 6.17. The zero-order chi connectivity index (χ0) is 13.2. The summed E-state index contributed by atoms with van der Waals surface area (Å²) in [4.78, 5) is 7.90. The monoisotopic (exact) mass is 313 g/mol. The van der Waals surface area contributed by atoms with Gasteiger partial charge in [0.2, 0.25) is 0 Å². The largest absolute Gasteiger partial charge is 0.375 e. The number of anilines is 1. The van der Waals surface area contributed by atoms with Crippen LogP contribution >= 0.6 is 23.7 Å². The van der Waals surface area contributed by atoms with Gasteiger partial charge in [-0.15, -0.1) is 23.7 Å². The summed E-state index contributed by atoms with van der Waals surface area (Å²) >= 11 is 1.59. The zero-order valence-corrected chi connectivity index (χ0v) is 13.2. The average Bonchev–Trinajstić information content (AvgIpc) is 2.99. The summed E-state index contributed by atoms with van der Waals surface area (Å²) in [5.74, 6) is 0. The van der Waals surface area contributed by atoms with E-state index in [1.54, 1.807) is 11.3 Å². The van der Waals surface area contributed by atoms with Crippen molar-refractivity contribution >= 4 is 28.9 Å². The lowest BCUT2D eigenvalue weighted by atomic mass is 9.99. The molecule has 0 aromatic carbocycles. The number of aromatic nitrogens is 3. The van der Waals surface area contributed by atoms with Crippen molar-refractivity contribution in [1.29, 1.82) is 0 Å². The maximum Gasteiger partial charge on any atom is 0.180 e. The van der Waals surface area contributed by atoms with Crippen molar-refractivity contribution in [3.8, 4) is 0 Å². The Kier molecular flexibility index (Phi) is 5.01. The number of nitrogens with two attached hydrogens (primary N) is 1. The number of nitrogens with zero attached hydrogens (tertiary/aromatic N) is 4. The predicted octanol–water partition coefficient (Wildman–Crippen LogP) is 2.61. The summed E-state index contributed by atoms with van der Waals surface area (Å²) in [6, 6.07) is 2.59. The summed E-state index contributed by atoms with van der Waals surface area (Å²) in [5.41, 5.74) is 7.01. The number of likely N-dealkylation sites (tertiary alicyclic amines) is 1. The molecule has 1 saturated heterocycles. The quantitative estimate of drug-likeness (QED) is 0.946. The van der Waals surface area contributed by atoms with Gasteiger partial charge >= 0.3 is 0 Å². The molecule has 0 bridgehead atoms. The minimum absolute atomic E-state index is 0. The fraction of sp³-hybridized carbons (Fsp3) is 0.538. The lowest BCUT2D eigenvalue weighted by Gasteiger charge is -2.35. The Morgan fingerprint density at radius 3 is 2.95 bits per heavy atom. The Balaban J connectivity index is 0.00000147. The third-order valence-electron chi connectivity index (χ3n) is 3.74. The van der Waals surface area contributed by atoms with Crippen LogP contribution in [-0.2, 0) is 13.6 Å². The number of halogens is 1. The molecule has 2 N–H and O–H groups in total. The van der Waals surface area contributed by atoms with Crippen LogP contribution in [0.1, 0.15) is 35.9 Å². The maximum absolute atomic E-state index is 5.71. The van der Waals surface area contributed by atoms with Crippen LogP contribution in [-0.4, -0.2) is 26.2 Å². The van der Waals surface area contributed by atoms with Crippen molar-refractivity contribution < 1.29 is 0 Å². The molecule has 110 valence electrons. The van der Waals surface area contributed by atoms with Crippen molar-refractivity contribution in [2.45, 2.75) is 31.8 Å². The highest BCUT2D eigenvalue weighted by Crippen LogP contribution is 2.32. The second-order valence-electron chi connectivity index (χ2n) is 5.03.